The molecule has 19 heavy (non-hydrogen) atoms. The third-order valence-electron chi connectivity index (χ3n) is 3.42. The number of nitrogens with one attached hydrogen (secondary N) is 2. The summed E-state index contributed by atoms with van der Waals surface area (Å²) in [5, 5.41) is 13.1. The second-order valence-electron chi connectivity index (χ2n) is 4.74. The SMILES string of the molecule is C=CC(O)N1CC[C@@H](Nc2cnc3[nH]ccc3n2)C1. The maximum Gasteiger partial charge on any atom is 0.156 e. The number of anilines is 1. The van der Waals surface area contributed by atoms with E-state index in [2.05, 4.69) is 26.8 Å². The summed E-state index contributed by atoms with van der Waals surface area (Å²) in [6.07, 6.45) is 5.51. The van der Waals surface area contributed by atoms with E-state index < -0.39 is 6.23 Å². The molecule has 6 heteroatoms. The number of rotatable bonds is 4. The summed E-state index contributed by atoms with van der Waals surface area (Å²) in [5.74, 6) is 0.770. The number of fused-ring (bicyclic) bond motifs is 1. The summed E-state index contributed by atoms with van der Waals surface area (Å²) in [7, 11) is 0. The Morgan fingerprint density at radius 2 is 2.53 bits per heavy atom. The van der Waals surface area contributed by atoms with Gasteiger partial charge in [0.25, 0.3) is 0 Å². The molecule has 0 amide bonds. The highest BCUT2D eigenvalue weighted by molar-refractivity contribution is 5.71. The Morgan fingerprint density at radius 1 is 1.63 bits per heavy atom. The van der Waals surface area contributed by atoms with Crippen LogP contribution < -0.4 is 5.32 Å². The first-order chi connectivity index (χ1) is 9.26. The molecule has 1 aliphatic heterocycles. The number of aliphatic hydroxyl groups is 1. The van der Waals surface area contributed by atoms with Gasteiger partial charge in [0.2, 0.25) is 0 Å². The van der Waals surface area contributed by atoms with Crippen molar-refractivity contribution in [3.8, 4) is 0 Å². The highest BCUT2D eigenvalue weighted by Crippen LogP contribution is 2.17. The van der Waals surface area contributed by atoms with Crippen LogP contribution in [0.15, 0.2) is 31.1 Å². The van der Waals surface area contributed by atoms with Crippen LogP contribution in [0.2, 0.25) is 0 Å². The van der Waals surface area contributed by atoms with Crippen LogP contribution in [-0.2, 0) is 0 Å². The first kappa shape index (κ1) is 12.1. The minimum absolute atomic E-state index is 0.278. The molecular formula is C13H17N5O. The maximum atomic E-state index is 9.70. The number of aromatic nitrogens is 3. The van der Waals surface area contributed by atoms with Crippen molar-refractivity contribution in [2.45, 2.75) is 18.7 Å². The van der Waals surface area contributed by atoms with Gasteiger partial charge < -0.3 is 15.4 Å². The number of hydrogen-bond acceptors (Lipinski definition) is 5. The Morgan fingerprint density at radius 3 is 3.37 bits per heavy atom. The van der Waals surface area contributed by atoms with Crippen molar-refractivity contribution in [3.63, 3.8) is 0 Å². The Kier molecular flexibility index (Phi) is 3.18. The molecule has 1 unspecified atom stereocenters. The third-order valence-corrected chi connectivity index (χ3v) is 3.42. The molecule has 1 saturated heterocycles. The summed E-state index contributed by atoms with van der Waals surface area (Å²) in [4.78, 5) is 13.8. The second kappa shape index (κ2) is 4.99. The molecule has 2 atom stereocenters. The smallest absolute Gasteiger partial charge is 0.156 e. The zero-order valence-electron chi connectivity index (χ0n) is 10.6. The van der Waals surface area contributed by atoms with Gasteiger partial charge >= 0.3 is 0 Å². The lowest BCUT2D eigenvalue weighted by molar-refractivity contribution is 0.0610. The largest absolute Gasteiger partial charge is 0.375 e. The fraction of sp³-hybridized carbons (Fsp3) is 0.385. The van der Waals surface area contributed by atoms with Crippen LogP contribution in [0.4, 0.5) is 5.82 Å². The molecule has 2 aromatic heterocycles. The average molecular weight is 259 g/mol. The summed E-state index contributed by atoms with van der Waals surface area (Å²) in [6.45, 7) is 5.23. The lowest BCUT2D eigenvalue weighted by Crippen LogP contribution is -2.33. The summed E-state index contributed by atoms with van der Waals surface area (Å²) >= 11 is 0. The van der Waals surface area contributed by atoms with E-state index in [4.69, 9.17) is 0 Å². The molecule has 100 valence electrons. The van der Waals surface area contributed by atoms with E-state index in [1.807, 2.05) is 17.2 Å². The molecule has 0 spiro atoms. The van der Waals surface area contributed by atoms with Gasteiger partial charge in [-0.25, -0.2) is 9.97 Å². The van der Waals surface area contributed by atoms with E-state index in [9.17, 15) is 5.11 Å². The normalized spacial score (nSPS) is 21.6. The Balaban J connectivity index is 1.67. The maximum absolute atomic E-state index is 9.70. The number of H-pyrrole nitrogens is 1. The Bertz CT molecular complexity index is 581. The third kappa shape index (κ3) is 2.45. The lowest BCUT2D eigenvalue weighted by Gasteiger charge is -2.20. The standard InChI is InChI=1S/C13H17N5O/c1-2-12(19)18-6-4-9(8-18)16-11-7-15-13-10(17-11)3-5-14-13/h2-3,5,7,9,12,19H,1,4,6,8H2,(H,14,15)(H,16,17)/t9-,12?/m1/s1. The zero-order valence-corrected chi connectivity index (χ0v) is 10.6. The van der Waals surface area contributed by atoms with Gasteiger partial charge in [-0.2, -0.15) is 0 Å². The van der Waals surface area contributed by atoms with E-state index in [1.54, 1.807) is 12.3 Å². The molecule has 0 bridgehead atoms. The molecule has 2 aromatic rings. The van der Waals surface area contributed by atoms with Crippen molar-refractivity contribution in [1.29, 1.82) is 0 Å². The predicted octanol–water partition coefficient (Wildman–Crippen LogP) is 0.949. The number of hydrogen-bond donors (Lipinski definition) is 3. The fourth-order valence-corrected chi connectivity index (χ4v) is 2.40. The first-order valence-corrected chi connectivity index (χ1v) is 6.37. The van der Waals surface area contributed by atoms with E-state index in [0.717, 1.165) is 36.5 Å². The van der Waals surface area contributed by atoms with E-state index in [0.29, 0.717) is 0 Å². The highest BCUT2D eigenvalue weighted by Gasteiger charge is 2.25. The van der Waals surface area contributed by atoms with E-state index in [1.165, 1.54) is 0 Å². The van der Waals surface area contributed by atoms with Crippen molar-refractivity contribution in [1.82, 2.24) is 19.9 Å². The predicted molar refractivity (Wildman–Crippen MR) is 73.7 cm³/mol. The molecule has 0 aliphatic carbocycles. The second-order valence-corrected chi connectivity index (χ2v) is 4.74. The lowest BCUT2D eigenvalue weighted by atomic mass is 10.2. The molecular weight excluding hydrogens is 242 g/mol. The van der Waals surface area contributed by atoms with Gasteiger partial charge in [-0.15, -0.1) is 0 Å². The summed E-state index contributed by atoms with van der Waals surface area (Å²) < 4.78 is 0. The molecule has 3 heterocycles. The van der Waals surface area contributed by atoms with Crippen LogP contribution >= 0.6 is 0 Å². The van der Waals surface area contributed by atoms with Gasteiger partial charge in [0.1, 0.15) is 17.6 Å². The first-order valence-electron chi connectivity index (χ1n) is 6.37. The van der Waals surface area contributed by atoms with Crippen LogP contribution in [-0.4, -0.2) is 50.3 Å². The Hall–Kier alpha value is -1.92. The average Bonchev–Trinajstić information content (AvgIpc) is 3.06. The number of aromatic amines is 1. The van der Waals surface area contributed by atoms with Gasteiger partial charge in [0.15, 0.2) is 5.65 Å². The van der Waals surface area contributed by atoms with Crippen molar-refractivity contribution in [2.75, 3.05) is 18.4 Å². The highest BCUT2D eigenvalue weighted by atomic mass is 16.3. The summed E-state index contributed by atoms with van der Waals surface area (Å²) in [6, 6.07) is 2.18. The van der Waals surface area contributed by atoms with Gasteiger partial charge in [0, 0.05) is 25.3 Å². The van der Waals surface area contributed by atoms with Crippen LogP contribution in [0.3, 0.4) is 0 Å². The minimum atomic E-state index is -0.565. The molecule has 1 fully saturated rings. The van der Waals surface area contributed by atoms with E-state index in [-0.39, 0.29) is 6.04 Å². The molecule has 0 saturated carbocycles. The quantitative estimate of drug-likeness (QED) is 0.713. The van der Waals surface area contributed by atoms with Gasteiger partial charge in [0.05, 0.1) is 6.20 Å². The topological polar surface area (TPSA) is 77.1 Å². The van der Waals surface area contributed by atoms with Crippen LogP contribution in [0.1, 0.15) is 6.42 Å². The number of likely N-dealkylation sites (tertiary alicyclic amines) is 1. The summed E-state index contributed by atoms with van der Waals surface area (Å²) in [5.41, 5.74) is 1.65. The monoisotopic (exact) mass is 259 g/mol. The minimum Gasteiger partial charge on any atom is -0.375 e. The zero-order chi connectivity index (χ0) is 13.2. The van der Waals surface area contributed by atoms with Crippen molar-refractivity contribution >= 4 is 17.0 Å². The number of nitrogens with zero attached hydrogens (tertiary/aromatic N) is 3. The van der Waals surface area contributed by atoms with Crippen molar-refractivity contribution in [2.24, 2.45) is 0 Å². The molecule has 0 aromatic carbocycles. The molecule has 0 radical (unpaired) electrons. The van der Waals surface area contributed by atoms with Crippen molar-refractivity contribution in [3.05, 3.63) is 31.1 Å². The fourth-order valence-electron chi connectivity index (χ4n) is 2.40. The van der Waals surface area contributed by atoms with Gasteiger partial charge in [-0.05, 0) is 18.6 Å². The van der Waals surface area contributed by atoms with E-state index >= 15 is 0 Å². The molecule has 3 N–H and O–H groups in total. The van der Waals surface area contributed by atoms with Gasteiger partial charge in [-0.3, -0.25) is 4.90 Å². The Labute approximate surface area is 111 Å². The van der Waals surface area contributed by atoms with Crippen LogP contribution in [0.5, 0.6) is 0 Å². The van der Waals surface area contributed by atoms with Crippen LogP contribution in [0.25, 0.3) is 11.2 Å². The molecule has 6 nitrogen and oxygen atoms in total. The molecule has 3 rings (SSSR count). The molecule has 1 aliphatic rings. The number of aliphatic hydroxyl groups excluding tert-OH is 1. The van der Waals surface area contributed by atoms with Crippen molar-refractivity contribution < 1.29 is 5.11 Å². The van der Waals surface area contributed by atoms with Gasteiger partial charge in [-0.1, -0.05) is 6.58 Å². The van der Waals surface area contributed by atoms with Crippen LogP contribution in [0, 0.1) is 0 Å².